The van der Waals surface area contributed by atoms with Gasteiger partial charge in [0.2, 0.25) is 0 Å². The summed E-state index contributed by atoms with van der Waals surface area (Å²) in [4.78, 5) is 21.5. The minimum Gasteiger partial charge on any atom is -0.549 e. The number of hydrogen-bond acceptors (Lipinski definition) is 4. The number of carboxylic acid groups (broad SMARTS) is 2. The van der Waals surface area contributed by atoms with Crippen molar-refractivity contribution in [3.8, 4) is 0 Å². The van der Waals surface area contributed by atoms with Crippen LogP contribution in [0.5, 0.6) is 0 Å². The van der Waals surface area contributed by atoms with Gasteiger partial charge in [0.25, 0.3) is 0 Å². The molecule has 4 nitrogen and oxygen atoms in total. The van der Waals surface area contributed by atoms with E-state index in [2.05, 4.69) is 0 Å². The van der Waals surface area contributed by atoms with Crippen molar-refractivity contribution in [1.29, 1.82) is 0 Å². The summed E-state index contributed by atoms with van der Waals surface area (Å²) in [7, 11) is 0. The summed E-state index contributed by atoms with van der Waals surface area (Å²) in [6, 6.07) is 0. The van der Waals surface area contributed by atoms with E-state index in [1.165, 1.54) is 0 Å². The van der Waals surface area contributed by atoms with Gasteiger partial charge in [-0.25, -0.2) is 0 Å². The van der Waals surface area contributed by atoms with Gasteiger partial charge in [-0.05, 0) is 12.3 Å². The second kappa shape index (κ2) is 10.2. The number of hydrogen-bond donors (Lipinski definition) is 0. The Morgan fingerprint density at radius 1 is 1.13 bits per heavy atom. The van der Waals surface area contributed by atoms with E-state index in [1.807, 2.05) is 0 Å². The monoisotopic (exact) mass is 264 g/mol. The maximum absolute atomic E-state index is 10.8. The van der Waals surface area contributed by atoms with Crippen LogP contribution in [0.4, 0.5) is 0 Å². The fraction of sp³-hybridized carbons (Fsp3) is 0.778. The van der Waals surface area contributed by atoms with E-state index < -0.39 is 23.3 Å². The van der Waals surface area contributed by atoms with Crippen LogP contribution in [0.2, 0.25) is 0 Å². The normalized spacial score (nSPS) is 10.1. The molecule has 0 aromatic rings. The molecule has 0 aliphatic rings. The van der Waals surface area contributed by atoms with E-state index in [0.29, 0.717) is 6.42 Å². The quantitative estimate of drug-likeness (QED) is 0.365. The van der Waals surface area contributed by atoms with Gasteiger partial charge in [0.05, 0.1) is 17.4 Å². The summed E-state index contributed by atoms with van der Waals surface area (Å²) in [5.41, 5.74) is -1.84. The zero-order valence-corrected chi connectivity index (χ0v) is 16.4. The van der Waals surface area contributed by atoms with Gasteiger partial charge in [0.1, 0.15) is 0 Å². The molecule has 0 saturated carbocycles. The van der Waals surface area contributed by atoms with Crippen molar-refractivity contribution in [3.63, 3.8) is 0 Å². The molecule has 0 unspecified atom stereocenters. The predicted octanol–water partition coefficient (Wildman–Crippen LogP) is -7.06. The van der Waals surface area contributed by atoms with Gasteiger partial charge in [0.15, 0.2) is 0 Å². The maximum atomic E-state index is 10.8. The third-order valence-corrected chi connectivity index (χ3v) is 2.36. The molecule has 76 valence electrons. The Morgan fingerprint density at radius 2 is 1.47 bits per heavy atom. The first kappa shape index (κ1) is 22.4. The third-order valence-electron chi connectivity index (χ3n) is 2.36. The topological polar surface area (TPSA) is 80.3 Å². The van der Waals surface area contributed by atoms with Crippen molar-refractivity contribution in [2.24, 2.45) is 11.3 Å². The van der Waals surface area contributed by atoms with E-state index in [-0.39, 0.29) is 109 Å². The van der Waals surface area contributed by atoms with Crippen molar-refractivity contribution in [2.75, 3.05) is 0 Å². The predicted molar refractivity (Wildman–Crippen MR) is 42.2 cm³/mol. The Balaban J connectivity index is -0.000000720. The van der Waals surface area contributed by atoms with Gasteiger partial charge in [-0.3, -0.25) is 0 Å². The Bertz CT molecular complexity index is 202. The molecule has 0 radical (unpaired) electrons. The maximum Gasteiger partial charge on any atom is 1.00 e. The van der Waals surface area contributed by atoms with E-state index >= 15 is 0 Å². The first-order valence-corrected chi connectivity index (χ1v) is 4.32. The fourth-order valence-electron chi connectivity index (χ4n) is 1.44. The van der Waals surface area contributed by atoms with Gasteiger partial charge in [-0.15, -0.1) is 0 Å². The largest absolute Gasteiger partial charge is 1.00 e. The number of carbonyl (C=O) groups excluding carboxylic acids is 2. The van der Waals surface area contributed by atoms with Crippen LogP contribution in [0.1, 0.15) is 33.6 Å². The fourth-order valence-corrected chi connectivity index (χ4v) is 1.44. The first-order chi connectivity index (χ1) is 5.89. The molecule has 0 saturated heterocycles. The molecule has 0 aromatic heterocycles. The van der Waals surface area contributed by atoms with Gasteiger partial charge >= 0.3 is 103 Å². The molecule has 0 amide bonds. The smallest absolute Gasteiger partial charge is 0.549 e. The molecule has 0 N–H and O–H groups in total. The summed E-state index contributed by atoms with van der Waals surface area (Å²) < 4.78 is 0. The van der Waals surface area contributed by atoms with Crippen LogP contribution < -0.4 is 113 Å². The molecule has 6 heteroatoms. The number of carbonyl (C=O) groups is 2. The van der Waals surface area contributed by atoms with Crippen molar-refractivity contribution in [1.82, 2.24) is 0 Å². The van der Waals surface area contributed by atoms with Crippen LogP contribution in [-0.2, 0) is 9.59 Å². The molecular weight excluding hydrogens is 250 g/mol. The van der Waals surface area contributed by atoms with Crippen molar-refractivity contribution in [2.45, 2.75) is 33.6 Å². The van der Waals surface area contributed by atoms with Gasteiger partial charge < -0.3 is 19.8 Å². The van der Waals surface area contributed by atoms with E-state index in [0.717, 1.165) is 0 Å². The van der Waals surface area contributed by atoms with Gasteiger partial charge in [0, 0.05) is 0 Å². The molecule has 0 spiro atoms. The van der Waals surface area contributed by atoms with Crippen molar-refractivity contribution in [3.05, 3.63) is 0 Å². The van der Waals surface area contributed by atoms with Crippen molar-refractivity contribution >= 4 is 11.9 Å². The van der Waals surface area contributed by atoms with Crippen LogP contribution in [0.15, 0.2) is 0 Å². The molecule has 0 atom stereocenters. The van der Waals surface area contributed by atoms with Gasteiger partial charge in [-0.2, -0.15) is 0 Å². The van der Waals surface area contributed by atoms with E-state index in [1.54, 1.807) is 20.8 Å². The third kappa shape index (κ3) is 5.59. The zero-order chi connectivity index (χ0) is 10.6. The molecule has 0 aromatic carbocycles. The molecule has 0 rings (SSSR count). The van der Waals surface area contributed by atoms with E-state index in [4.69, 9.17) is 0 Å². The molecule has 15 heavy (non-hydrogen) atoms. The average molecular weight is 264 g/mol. The summed E-state index contributed by atoms with van der Waals surface area (Å²) in [5, 5.41) is 21.5. The molecule has 0 aliphatic heterocycles. The molecule has 0 aliphatic carbocycles. The Hall–Kier alpha value is 2.21. The van der Waals surface area contributed by atoms with Crippen LogP contribution in [0.25, 0.3) is 0 Å². The van der Waals surface area contributed by atoms with Crippen LogP contribution in [0, 0.1) is 11.3 Å². The first-order valence-electron chi connectivity index (χ1n) is 4.32. The summed E-state index contributed by atoms with van der Waals surface area (Å²) in [6.45, 7) is 4.81. The van der Waals surface area contributed by atoms with Gasteiger partial charge in [-0.1, -0.05) is 27.2 Å². The molecular formula is C9H14K2O4. The Morgan fingerprint density at radius 3 is 1.53 bits per heavy atom. The second-order valence-corrected chi connectivity index (χ2v) is 3.45. The van der Waals surface area contributed by atoms with Crippen LogP contribution in [0.3, 0.4) is 0 Å². The van der Waals surface area contributed by atoms with Crippen molar-refractivity contribution < 1.29 is 123 Å². The molecule has 0 heterocycles. The minimum atomic E-state index is -1.84. The van der Waals surface area contributed by atoms with Crippen LogP contribution >= 0.6 is 0 Å². The number of carboxylic acids is 2. The molecule has 0 fully saturated rings. The minimum absolute atomic E-state index is 0. The SMILES string of the molecule is CCCC(C(=O)[O-])(C(=O)[O-])C(C)C.[K+].[K+]. The summed E-state index contributed by atoms with van der Waals surface area (Å²) in [6.07, 6.45) is 0.523. The standard InChI is InChI=1S/C9H16O4.2K/c1-4-5-9(6(2)3,7(10)11)8(12)13;;/h6H,4-5H2,1-3H3,(H,10,11)(H,12,13);;/q;2*+1/p-2. The Kier molecular flexibility index (Phi) is 15.2. The zero-order valence-electron chi connectivity index (χ0n) is 10.1. The summed E-state index contributed by atoms with van der Waals surface area (Å²) in [5.74, 6) is -3.63. The number of rotatable bonds is 5. The second-order valence-electron chi connectivity index (χ2n) is 3.45. The van der Waals surface area contributed by atoms with Crippen LogP contribution in [-0.4, -0.2) is 11.9 Å². The molecule has 0 bridgehead atoms. The Labute approximate surface area is 175 Å². The number of aliphatic carboxylic acids is 2. The summed E-state index contributed by atoms with van der Waals surface area (Å²) >= 11 is 0. The van der Waals surface area contributed by atoms with E-state index in [9.17, 15) is 19.8 Å². The average Bonchev–Trinajstić information content (AvgIpc) is 1.97.